The number of benzene rings is 1. The molecule has 3 N–H and O–H groups in total. The monoisotopic (exact) mass is 547 g/mol. The summed E-state index contributed by atoms with van der Waals surface area (Å²) >= 11 is 1.38. The summed E-state index contributed by atoms with van der Waals surface area (Å²) < 4.78 is 2.01. The van der Waals surface area contributed by atoms with Crippen LogP contribution in [-0.4, -0.2) is 51.8 Å². The van der Waals surface area contributed by atoms with E-state index in [1.165, 1.54) is 17.3 Å². The third-order valence-corrected chi connectivity index (χ3v) is 7.77. The average molecular weight is 549 g/mol. The van der Waals surface area contributed by atoms with Gasteiger partial charge in [0.1, 0.15) is 11.7 Å². The number of imidazole rings is 1. The Balaban J connectivity index is 0.00000180. The Morgan fingerprint density at radius 1 is 1.08 bits per heavy atom. The highest BCUT2D eigenvalue weighted by molar-refractivity contribution is 8.04. The van der Waals surface area contributed by atoms with E-state index in [0.717, 1.165) is 61.7 Å². The molecule has 1 saturated heterocycles. The summed E-state index contributed by atoms with van der Waals surface area (Å²) in [6.45, 7) is 2.87. The lowest BCUT2D eigenvalue weighted by Crippen LogP contribution is -2.52. The van der Waals surface area contributed by atoms with Gasteiger partial charge in [0.15, 0.2) is 0 Å². The summed E-state index contributed by atoms with van der Waals surface area (Å²) in [5, 5.41) is 3.87. The van der Waals surface area contributed by atoms with Crippen LogP contribution in [0.25, 0.3) is 11.7 Å². The minimum absolute atomic E-state index is 0. The molecule has 4 heterocycles. The molecule has 1 aromatic carbocycles. The molecule has 0 spiro atoms. The number of pyridine rings is 1. The van der Waals surface area contributed by atoms with E-state index in [2.05, 4.69) is 39.5 Å². The number of likely N-dealkylation sites (tertiary alicyclic amines) is 1. The number of nitrogens with two attached hydrogens (primary N) is 1. The molecule has 0 aliphatic carbocycles. The van der Waals surface area contributed by atoms with Crippen LogP contribution in [0.15, 0.2) is 64.7 Å². The Bertz CT molecular complexity index is 1230. The number of hydrogen-bond acceptors (Lipinski definition) is 5. The number of amides is 2. The number of aromatic nitrogens is 2. The van der Waals surface area contributed by atoms with Crippen molar-refractivity contribution < 1.29 is 9.59 Å². The van der Waals surface area contributed by atoms with Crippen molar-refractivity contribution in [3.05, 3.63) is 70.9 Å². The summed E-state index contributed by atoms with van der Waals surface area (Å²) in [4.78, 5) is 32.8. The first kappa shape index (κ1) is 28.1. The summed E-state index contributed by atoms with van der Waals surface area (Å²) in [6.07, 6.45) is 7.44. The van der Waals surface area contributed by atoms with Gasteiger partial charge in [-0.2, -0.15) is 0 Å². The van der Waals surface area contributed by atoms with Crippen LogP contribution >= 0.6 is 36.6 Å². The molecule has 0 bridgehead atoms. The maximum atomic E-state index is 13.1. The number of primary amides is 1. The molecule has 2 aliphatic heterocycles. The van der Waals surface area contributed by atoms with Gasteiger partial charge in [-0.15, -0.1) is 24.8 Å². The van der Waals surface area contributed by atoms with Gasteiger partial charge in [-0.05, 0) is 75.0 Å². The molecule has 0 saturated carbocycles. The van der Waals surface area contributed by atoms with Gasteiger partial charge in [0, 0.05) is 0 Å². The molecule has 3 aromatic rings. The number of carbonyl (C=O) groups is 2. The third kappa shape index (κ3) is 6.24. The van der Waals surface area contributed by atoms with E-state index >= 15 is 0 Å². The molecule has 5 rings (SSSR count). The van der Waals surface area contributed by atoms with Crippen molar-refractivity contribution in [2.24, 2.45) is 11.7 Å². The molecule has 0 radical (unpaired) electrons. The van der Waals surface area contributed by atoms with Crippen LogP contribution in [0.4, 0.5) is 0 Å². The highest BCUT2D eigenvalue weighted by atomic mass is 35.5. The first-order valence-corrected chi connectivity index (χ1v) is 12.6. The zero-order valence-corrected chi connectivity index (χ0v) is 22.3. The highest BCUT2D eigenvalue weighted by Crippen LogP contribution is 2.34. The van der Waals surface area contributed by atoms with E-state index in [1.54, 1.807) is 6.20 Å². The zero-order chi connectivity index (χ0) is 23.5. The van der Waals surface area contributed by atoms with E-state index in [9.17, 15) is 9.59 Å². The van der Waals surface area contributed by atoms with E-state index in [0.29, 0.717) is 4.91 Å². The first-order valence-electron chi connectivity index (χ1n) is 11.8. The topological polar surface area (TPSA) is 92.7 Å². The van der Waals surface area contributed by atoms with Crippen LogP contribution in [0, 0.1) is 5.92 Å². The quantitative estimate of drug-likeness (QED) is 0.445. The second-order valence-electron chi connectivity index (χ2n) is 8.97. The van der Waals surface area contributed by atoms with Crippen LogP contribution in [0.2, 0.25) is 0 Å². The van der Waals surface area contributed by atoms with Gasteiger partial charge in [0.2, 0.25) is 5.91 Å². The first-order chi connectivity index (χ1) is 16.6. The molecule has 10 heteroatoms. The smallest absolute Gasteiger partial charge is 0.258 e. The number of halogens is 2. The van der Waals surface area contributed by atoms with Crippen molar-refractivity contribution in [1.82, 2.24) is 19.6 Å². The fourth-order valence-electron chi connectivity index (χ4n) is 4.89. The fourth-order valence-corrected chi connectivity index (χ4v) is 5.89. The summed E-state index contributed by atoms with van der Waals surface area (Å²) in [6, 6.07) is 15.7. The molecular formula is C26H31Cl2N5O2S. The van der Waals surface area contributed by atoms with Crippen molar-refractivity contribution in [1.29, 1.82) is 0 Å². The number of rotatable bonds is 8. The largest absolute Gasteiger partial charge is 0.368 e. The average Bonchev–Trinajstić information content (AvgIpc) is 3.28. The fraction of sp³-hybridized carbons (Fsp3) is 0.346. The Morgan fingerprint density at radius 3 is 2.56 bits per heavy atom. The van der Waals surface area contributed by atoms with E-state index in [-0.39, 0.29) is 36.6 Å². The molecule has 2 aromatic heterocycles. The Hall–Kier alpha value is -2.52. The molecule has 1 atom stereocenters. The van der Waals surface area contributed by atoms with Gasteiger partial charge in [0.05, 0.1) is 21.8 Å². The van der Waals surface area contributed by atoms with Gasteiger partial charge < -0.3 is 16.0 Å². The van der Waals surface area contributed by atoms with E-state index in [1.807, 2.05) is 34.7 Å². The lowest BCUT2D eigenvalue weighted by molar-refractivity contribution is -0.126. The molecule has 2 amide bonds. The van der Waals surface area contributed by atoms with Crippen molar-refractivity contribution >= 4 is 60.1 Å². The Kier molecular flexibility index (Phi) is 9.84. The number of carbonyl (C=O) groups excluding carboxylic acids is 2. The molecule has 1 unspecified atom stereocenters. The van der Waals surface area contributed by atoms with E-state index < -0.39 is 11.9 Å². The standard InChI is InChI=1S/C26H29N5O2S.2ClH/c27-25(32)24(19-11-14-30(15-12-19)13-5-8-18-6-2-1-3-7-18)29-26(33)21-16-20-17-28-22-9-4-10-23(34-21)31(20)22;;/h1-4,6-7,9-10,16-17,19,24H,5,8,11-15H2,(H2,27,32)(H,29,33);2*1H. The van der Waals surface area contributed by atoms with Crippen LogP contribution in [0.3, 0.4) is 0 Å². The van der Waals surface area contributed by atoms with Crippen molar-refractivity contribution in [3.8, 4) is 0 Å². The molecule has 192 valence electrons. The van der Waals surface area contributed by atoms with Crippen molar-refractivity contribution in [2.75, 3.05) is 19.6 Å². The molecule has 36 heavy (non-hydrogen) atoms. The Labute approximate surface area is 227 Å². The SMILES string of the molecule is Cl.Cl.NC(=O)C(NC(=O)C1=Cc2cnc3cccc(n23)S1)C1CCN(CCCc2ccccc2)CC1. The predicted octanol–water partition coefficient (Wildman–Crippen LogP) is 3.94. The number of hydrogen-bond donors (Lipinski definition) is 2. The zero-order valence-electron chi connectivity index (χ0n) is 19.8. The number of piperidine rings is 1. The Morgan fingerprint density at radius 2 is 1.83 bits per heavy atom. The number of thioether (sulfide) groups is 1. The second kappa shape index (κ2) is 12.6. The van der Waals surface area contributed by atoms with Crippen LogP contribution < -0.4 is 11.1 Å². The second-order valence-corrected chi connectivity index (χ2v) is 10.0. The minimum atomic E-state index is -0.664. The number of aryl methyl sites for hydroxylation is 1. The number of nitrogens with zero attached hydrogens (tertiary/aromatic N) is 3. The molecule has 2 aliphatic rings. The van der Waals surface area contributed by atoms with Crippen molar-refractivity contribution in [3.63, 3.8) is 0 Å². The maximum Gasteiger partial charge on any atom is 0.258 e. The summed E-state index contributed by atoms with van der Waals surface area (Å²) in [5.41, 5.74) is 8.81. The maximum absolute atomic E-state index is 13.1. The minimum Gasteiger partial charge on any atom is -0.368 e. The lowest BCUT2D eigenvalue weighted by Gasteiger charge is -2.35. The molecular weight excluding hydrogens is 517 g/mol. The predicted molar refractivity (Wildman–Crippen MR) is 149 cm³/mol. The normalized spacial score (nSPS) is 16.4. The van der Waals surface area contributed by atoms with Crippen LogP contribution in [-0.2, 0) is 16.0 Å². The van der Waals surface area contributed by atoms with Gasteiger partial charge in [-0.25, -0.2) is 4.98 Å². The van der Waals surface area contributed by atoms with Crippen LogP contribution in [0.5, 0.6) is 0 Å². The number of nitrogens with one attached hydrogen (secondary N) is 1. The molecule has 7 nitrogen and oxygen atoms in total. The van der Waals surface area contributed by atoms with Gasteiger partial charge in [-0.1, -0.05) is 48.2 Å². The summed E-state index contributed by atoms with van der Waals surface area (Å²) in [5.74, 6) is -0.678. The summed E-state index contributed by atoms with van der Waals surface area (Å²) in [7, 11) is 0. The van der Waals surface area contributed by atoms with Gasteiger partial charge >= 0.3 is 0 Å². The molecule has 1 fully saturated rings. The van der Waals surface area contributed by atoms with Crippen molar-refractivity contribution in [2.45, 2.75) is 36.8 Å². The lowest BCUT2D eigenvalue weighted by atomic mass is 9.88. The third-order valence-electron chi connectivity index (χ3n) is 6.72. The van der Waals surface area contributed by atoms with Crippen LogP contribution in [0.1, 0.15) is 30.5 Å². The van der Waals surface area contributed by atoms with E-state index in [4.69, 9.17) is 5.73 Å². The highest BCUT2D eigenvalue weighted by Gasteiger charge is 2.32. The van der Waals surface area contributed by atoms with Gasteiger partial charge in [0.25, 0.3) is 5.91 Å². The van der Waals surface area contributed by atoms with Gasteiger partial charge in [-0.3, -0.25) is 14.0 Å².